The number of nitrogens with one attached hydrogen (secondary N) is 1. The van der Waals surface area contributed by atoms with Crippen LogP contribution in [-0.2, 0) is 74.0 Å². The lowest BCUT2D eigenvalue weighted by Crippen LogP contribution is -2.41. The van der Waals surface area contributed by atoms with E-state index >= 15 is 0 Å². The number of hydrogen-bond acceptors (Lipinski definition) is 21. The van der Waals surface area contributed by atoms with Crippen LogP contribution in [0.2, 0.25) is 0 Å². The van der Waals surface area contributed by atoms with Crippen LogP contribution in [0.15, 0.2) is 72.9 Å². The number of nitrogens with zero attached hydrogens (tertiary/aromatic N) is 2. The van der Waals surface area contributed by atoms with Gasteiger partial charge in [0.05, 0.1) is 24.6 Å². The number of aliphatic hydroxyl groups excluding tert-OH is 1. The van der Waals surface area contributed by atoms with Crippen molar-refractivity contribution in [2.24, 2.45) is 60.6 Å². The van der Waals surface area contributed by atoms with Crippen LogP contribution in [0.3, 0.4) is 0 Å². The average Bonchev–Trinajstić information content (AvgIpc) is 1.82. The van der Waals surface area contributed by atoms with Gasteiger partial charge in [0.1, 0.15) is 51.8 Å². The lowest BCUT2D eigenvalue weighted by Gasteiger charge is -2.32. The van der Waals surface area contributed by atoms with Crippen LogP contribution in [0.4, 0.5) is 0 Å². The first-order chi connectivity index (χ1) is 61.0. The number of ether oxygens (including phenoxy) is 2. The second kappa shape index (κ2) is 70.8. The predicted molar refractivity (Wildman–Crippen MR) is 566 cm³/mol. The molecule has 1 fully saturated rings. The zero-order valence-corrected chi connectivity index (χ0v) is 95.7. The van der Waals surface area contributed by atoms with Gasteiger partial charge in [-0.3, -0.25) is 42.9 Å². The number of carbonyl (C=O) groups excluding carboxylic acids is 8. The topological polar surface area (TPSA) is 344 Å². The molecule has 1 saturated heterocycles. The minimum Gasteiger partial charge on any atom is -0.465 e. The Morgan fingerprint density at radius 3 is 1.44 bits per heavy atom. The number of aliphatic hydroxyl groups is 1. The maximum Gasteiger partial charge on any atom is 0.475 e. The molecule has 135 heavy (non-hydrogen) atoms. The molecule has 0 saturated carbocycles. The molecule has 4 atom stereocenters. The van der Waals surface area contributed by atoms with Crippen molar-refractivity contribution in [2.45, 2.75) is 466 Å². The van der Waals surface area contributed by atoms with Crippen LogP contribution in [0, 0.1) is 75.6 Å². The number of carbonyl (C=O) groups is 8. The number of ketones is 7. The van der Waals surface area contributed by atoms with Gasteiger partial charge in [-0.25, -0.2) is 5.21 Å². The summed E-state index contributed by atoms with van der Waals surface area (Å²) in [5, 5.41) is 29.7. The fourth-order valence-corrected chi connectivity index (χ4v) is 15.8. The van der Waals surface area contributed by atoms with E-state index in [4.69, 9.17) is 19.2 Å². The van der Waals surface area contributed by atoms with Gasteiger partial charge >= 0.3 is 11.1 Å². The zero-order chi connectivity index (χ0) is 107. The molecule has 2 unspecified atom stereocenters. The smallest absolute Gasteiger partial charge is 0.465 e. The van der Waals surface area contributed by atoms with Gasteiger partial charge in [0.25, 0.3) is 15.2 Å². The Balaban J connectivity index is -0.000000275. The Labute approximate surface area is 832 Å². The van der Waals surface area contributed by atoms with Crippen LogP contribution in [0.1, 0.15) is 442 Å². The molecule has 0 bridgehead atoms. The van der Waals surface area contributed by atoms with E-state index < -0.39 is 37.9 Å². The molecule has 26 heteroatoms. The van der Waals surface area contributed by atoms with E-state index in [2.05, 4.69) is 181 Å². The minimum absolute atomic E-state index is 0.0156. The van der Waals surface area contributed by atoms with E-state index in [1.165, 1.54) is 24.2 Å². The summed E-state index contributed by atoms with van der Waals surface area (Å²) >= 11 is 0. The molecule has 1 aliphatic rings. The number of benzene rings is 1. The first kappa shape index (κ1) is 142. The summed E-state index contributed by atoms with van der Waals surface area (Å²) in [5.74, 6) is 3.48. The molecule has 23 nitrogen and oxygen atoms in total. The number of rotatable bonds is 47. The van der Waals surface area contributed by atoms with E-state index in [0.717, 1.165) is 76.2 Å². The van der Waals surface area contributed by atoms with Gasteiger partial charge in [0.2, 0.25) is 0 Å². The fourth-order valence-electron chi connectivity index (χ4n) is 12.2. The van der Waals surface area contributed by atoms with Gasteiger partial charge in [-0.15, -0.1) is 10.1 Å². The van der Waals surface area contributed by atoms with Crippen molar-refractivity contribution in [3.63, 3.8) is 0 Å². The van der Waals surface area contributed by atoms with Crippen LogP contribution in [0.5, 0.6) is 0 Å². The second-order valence-electron chi connectivity index (χ2n) is 47.4. The molecule has 0 spiro atoms. The van der Waals surface area contributed by atoms with Gasteiger partial charge in [-0.05, 0) is 171 Å². The van der Waals surface area contributed by atoms with Crippen molar-refractivity contribution in [1.29, 1.82) is 0 Å². The molecule has 0 aromatic heterocycles. The molecule has 0 amide bonds. The van der Waals surface area contributed by atoms with Crippen LogP contribution < -0.4 is 5.32 Å². The average molecular weight is 1970 g/mol. The normalized spacial score (nSPS) is 14.7. The Hall–Kier alpha value is -5.77. The summed E-state index contributed by atoms with van der Waals surface area (Å²) in [5.41, 5.74) is 0.681. The highest BCUT2D eigenvalue weighted by atomic mass is 33.1. The predicted octanol–water partition coefficient (Wildman–Crippen LogP) is 28.6. The SMILES string of the molecule is CC(C)(C)CC(CO[N+](=O)O)O[N+](=O)[O-].CC(C)(C)COC(=O)CCCC[C@]1(C)CCSS1.CC(C)(C)NCCS(=O)(=O)O.CC(C)Cc1ccc(C(C)C(=O)C(C)(C)C)cc1.CC/C=C\CC(=O)C(C)(C)C.CC/C=C\CC(=O)CC(C)(C)C.CC/C=C\CC(C)(C)C(=O)C(C)C.CC/C=C\CC(C)(C)C(=O)CC(C)(C)C.CCCCC(=O)CCCC(=O)[C@H](O)C(C)(C)COC(C)(C)C. The van der Waals surface area contributed by atoms with E-state index in [0.29, 0.717) is 111 Å². The van der Waals surface area contributed by atoms with Gasteiger partial charge < -0.3 is 24.7 Å². The zero-order valence-electron chi connectivity index (χ0n) is 93.2. The van der Waals surface area contributed by atoms with Crippen LogP contribution in [0.25, 0.3) is 0 Å². The Bertz CT molecular complexity index is 3700. The summed E-state index contributed by atoms with van der Waals surface area (Å²) in [6.45, 7) is 83.5. The largest absolute Gasteiger partial charge is 0.475 e. The third-order valence-corrected chi connectivity index (χ3v) is 24.1. The van der Waals surface area contributed by atoms with E-state index in [1.807, 2.05) is 212 Å². The van der Waals surface area contributed by atoms with E-state index in [-0.39, 0.29) is 109 Å². The third-order valence-electron chi connectivity index (χ3n) is 20.0. The Kier molecular flexibility index (Phi) is 74.6. The molecule has 4 N–H and O–H groups in total. The molecule has 1 aromatic carbocycles. The summed E-state index contributed by atoms with van der Waals surface area (Å²) in [4.78, 5) is 122. The minimum atomic E-state index is -3.81. The lowest BCUT2D eigenvalue weighted by molar-refractivity contribution is -0.977. The number of esters is 1. The van der Waals surface area contributed by atoms with Crippen molar-refractivity contribution < 1.29 is 91.0 Å². The summed E-state index contributed by atoms with van der Waals surface area (Å²) < 4.78 is 40.2. The van der Waals surface area contributed by atoms with Crippen LogP contribution in [-0.4, -0.2) is 146 Å². The fraction of sp³-hybridized carbons (Fsp3) is 0.798. The molecule has 0 aliphatic carbocycles. The number of Topliss-reactive ketones (excluding diaryl/α,β-unsaturated/α-hetero) is 7. The summed E-state index contributed by atoms with van der Waals surface area (Å²) in [7, 11) is 0.190. The molecule has 2 rings (SSSR count). The number of unbranched alkanes of at least 4 members (excludes halogenated alkanes) is 2. The molecule has 0 radical (unpaired) electrons. The lowest BCUT2D eigenvalue weighted by atomic mass is 9.77. The quantitative estimate of drug-likeness (QED) is 0.00895. The second-order valence-corrected chi connectivity index (χ2v) is 52.0. The monoisotopic (exact) mass is 1970 g/mol. The number of allylic oxidation sites excluding steroid dienone is 8. The maximum absolute atomic E-state index is 12.2. The third kappa shape index (κ3) is 93.0. The number of hydrogen-bond donors (Lipinski definition) is 4. The summed E-state index contributed by atoms with van der Waals surface area (Å²) in [6, 6.07) is 8.52. The molecular formula is C109H202N3O20S3+. The van der Waals surface area contributed by atoms with Crippen molar-refractivity contribution in [3.8, 4) is 0 Å². The highest BCUT2D eigenvalue weighted by molar-refractivity contribution is 8.77. The summed E-state index contributed by atoms with van der Waals surface area (Å²) in [6.07, 6.45) is 33.2. The van der Waals surface area contributed by atoms with Crippen LogP contribution >= 0.6 is 21.6 Å². The highest BCUT2D eigenvalue weighted by Crippen LogP contribution is 2.49. The Morgan fingerprint density at radius 1 is 0.563 bits per heavy atom. The molecule has 1 heterocycles. The molecular weight excluding hydrogens is 1770 g/mol. The molecule has 1 aromatic rings. The van der Waals surface area contributed by atoms with Crippen molar-refractivity contribution in [1.82, 2.24) is 5.32 Å². The van der Waals surface area contributed by atoms with Crippen molar-refractivity contribution >= 4 is 78.2 Å². The van der Waals surface area contributed by atoms with Gasteiger partial charge in [0, 0.05) is 113 Å². The highest BCUT2D eigenvalue weighted by Gasteiger charge is 2.37. The standard InChI is InChI=1S/C18H34O4.C17H26O.C14H26O2S2.C14H26O.C12H22O.C11H20O.C10H18O.C7H15N2O6.C6H15NO3S/c1-7-8-10-14(19)11-9-12-15(20)16(21)18(5,6)13-22-17(2,3)4;1-12(2)11-14-7-9-15(10-8-14)13(3)16(18)17(4,5)6;1-13(2,3)11-16-12(15)7-5-6-8-14(4)9-10-17-18-14;1-7-8-9-10-14(5,6)12(15)11-13(2,3)4;1-6-7-8-9-12(4,5)11(13)10(2)3;1-5-6-7-8-10(12)9-11(2,3)4;1-5-6-7-8-9(11)10(2,3)4;1-7(2,3)4-6(15-9(12)13)5-14-8(10)11;1-6(2,3)7-4-5-11(8,9)10/h16,21H,7-13H2,1-6H3;7-10,12-13H,11H2,1-6H3;5-11H2,1-4H3;8-9H,7,10-11H2,1-6H3;7-8,10H,6,9H2,1-5H3;6-7H,5,8-9H2,1-4H3;6-7H,5,8H2,1-4H3;6H,4-5H2,1-3H3,(H,10,11);7H,4-5H2,1-3H3,(H,8,9,10)/q;;;;;;;+1;/b;;;9-8-;8-7-;2*7-6-;;/t16-;;14-;;;;;;/m0.1....../s1. The first-order valence-electron chi connectivity index (χ1n) is 49.5. The van der Waals surface area contributed by atoms with E-state index in [9.17, 15) is 66.9 Å². The molecule has 790 valence electrons. The Morgan fingerprint density at radius 2 is 1.04 bits per heavy atom. The van der Waals surface area contributed by atoms with Gasteiger partial charge in [0.15, 0.2) is 12.4 Å². The van der Waals surface area contributed by atoms with Gasteiger partial charge in [-0.2, -0.15) is 13.3 Å². The van der Waals surface area contributed by atoms with Crippen molar-refractivity contribution in [2.75, 3.05) is 37.9 Å². The van der Waals surface area contributed by atoms with E-state index in [1.54, 1.807) is 0 Å². The van der Waals surface area contributed by atoms with Crippen molar-refractivity contribution in [3.05, 3.63) is 99.0 Å². The molecule has 1 aliphatic heterocycles. The van der Waals surface area contributed by atoms with Gasteiger partial charge in [-0.1, -0.05) is 343 Å². The first-order valence-corrected chi connectivity index (χ1v) is 53.4. The maximum atomic E-state index is 12.2.